The number of furan rings is 1. The Morgan fingerprint density at radius 2 is 2.14 bits per heavy atom. The molecule has 148 valence electrons. The minimum absolute atomic E-state index is 0.240. The molecule has 0 spiro atoms. The normalized spacial score (nSPS) is 16.5. The summed E-state index contributed by atoms with van der Waals surface area (Å²) in [5.41, 5.74) is 1.47. The number of hydrogen-bond acceptors (Lipinski definition) is 6. The third kappa shape index (κ3) is 3.59. The number of thiazole rings is 1. The van der Waals surface area contributed by atoms with Gasteiger partial charge >= 0.3 is 5.97 Å². The number of hydrogen-bond donors (Lipinski definition) is 0. The van der Waals surface area contributed by atoms with Gasteiger partial charge in [0.25, 0.3) is 5.56 Å². The zero-order chi connectivity index (χ0) is 20.5. The van der Waals surface area contributed by atoms with Crippen molar-refractivity contribution >= 4 is 35.0 Å². The summed E-state index contributed by atoms with van der Waals surface area (Å²) in [6.45, 7) is 1.75. The van der Waals surface area contributed by atoms with E-state index >= 15 is 0 Å². The van der Waals surface area contributed by atoms with Gasteiger partial charge in [0.15, 0.2) is 4.80 Å². The Morgan fingerprint density at radius 1 is 1.34 bits per heavy atom. The molecule has 6 nitrogen and oxygen atoms in total. The first-order valence-corrected chi connectivity index (χ1v) is 10.1. The third-order valence-electron chi connectivity index (χ3n) is 4.73. The van der Waals surface area contributed by atoms with Crippen molar-refractivity contribution in [1.82, 2.24) is 4.57 Å². The van der Waals surface area contributed by atoms with Crippen LogP contribution >= 0.6 is 22.9 Å². The van der Waals surface area contributed by atoms with Crippen molar-refractivity contribution in [1.29, 1.82) is 0 Å². The van der Waals surface area contributed by atoms with Crippen LogP contribution in [-0.4, -0.2) is 17.6 Å². The second-order valence-electron chi connectivity index (χ2n) is 6.50. The average molecular weight is 429 g/mol. The first kappa shape index (κ1) is 19.4. The highest BCUT2D eigenvalue weighted by Gasteiger charge is 2.32. The number of carbonyl (C=O) groups is 1. The maximum atomic E-state index is 13.2. The Labute approximate surface area is 175 Å². The van der Waals surface area contributed by atoms with E-state index in [9.17, 15) is 9.59 Å². The molecule has 0 N–H and O–H groups in total. The van der Waals surface area contributed by atoms with E-state index in [0.717, 1.165) is 5.56 Å². The number of allylic oxidation sites excluding steroid dienone is 1. The number of fused-ring (bicyclic) bond motifs is 1. The van der Waals surface area contributed by atoms with Gasteiger partial charge in [0.1, 0.15) is 5.76 Å². The smallest absolute Gasteiger partial charge is 0.337 e. The van der Waals surface area contributed by atoms with Crippen LogP contribution in [0.5, 0.6) is 0 Å². The molecule has 1 aliphatic heterocycles. The lowest BCUT2D eigenvalue weighted by atomic mass is 9.96. The lowest BCUT2D eigenvalue weighted by Gasteiger charge is -2.24. The van der Waals surface area contributed by atoms with Gasteiger partial charge in [-0.2, -0.15) is 0 Å². The van der Waals surface area contributed by atoms with Gasteiger partial charge in [0.05, 0.1) is 35.2 Å². The van der Waals surface area contributed by atoms with Crippen molar-refractivity contribution in [2.75, 3.05) is 7.11 Å². The molecule has 4 rings (SSSR count). The number of esters is 1. The van der Waals surface area contributed by atoms with Gasteiger partial charge in [-0.3, -0.25) is 9.36 Å². The second kappa shape index (κ2) is 7.85. The number of ether oxygens (including phenoxy) is 1. The number of nitrogens with zero attached hydrogens (tertiary/aromatic N) is 2. The summed E-state index contributed by atoms with van der Waals surface area (Å²) in [6.07, 6.45) is 3.58. The number of methoxy groups -OCH3 is 1. The van der Waals surface area contributed by atoms with Gasteiger partial charge in [0.2, 0.25) is 0 Å². The van der Waals surface area contributed by atoms with Crippen molar-refractivity contribution in [3.05, 3.63) is 90.0 Å². The molecule has 1 aromatic carbocycles. The number of halogens is 1. The Balaban J connectivity index is 1.92. The van der Waals surface area contributed by atoms with Gasteiger partial charge in [-0.15, -0.1) is 0 Å². The zero-order valence-electron chi connectivity index (χ0n) is 15.7. The predicted molar refractivity (Wildman–Crippen MR) is 111 cm³/mol. The molecule has 0 bridgehead atoms. The summed E-state index contributed by atoms with van der Waals surface area (Å²) >= 11 is 7.60. The largest absolute Gasteiger partial charge is 0.466 e. The highest BCUT2D eigenvalue weighted by Crippen LogP contribution is 2.29. The van der Waals surface area contributed by atoms with E-state index in [0.29, 0.717) is 37.8 Å². The van der Waals surface area contributed by atoms with Crippen LogP contribution < -0.4 is 14.9 Å². The SMILES string of the molecule is COC(=O)C1=C(C)N=c2s/c(=C\c3ccco3)c(=O)n2C1Cc1ccccc1Cl. The monoisotopic (exact) mass is 428 g/mol. The van der Waals surface area contributed by atoms with Gasteiger partial charge in [-0.05, 0) is 37.1 Å². The summed E-state index contributed by atoms with van der Waals surface area (Å²) in [4.78, 5) is 30.8. The van der Waals surface area contributed by atoms with Crippen molar-refractivity contribution in [2.24, 2.45) is 4.99 Å². The molecule has 0 saturated carbocycles. The molecule has 1 atom stereocenters. The van der Waals surface area contributed by atoms with Crippen LogP contribution in [0.2, 0.25) is 5.02 Å². The molecule has 1 aliphatic rings. The molecule has 8 heteroatoms. The predicted octanol–water partition coefficient (Wildman–Crippen LogP) is 2.85. The van der Waals surface area contributed by atoms with E-state index < -0.39 is 12.0 Å². The Bertz CT molecular complexity index is 1280. The molecule has 0 radical (unpaired) electrons. The highest BCUT2D eigenvalue weighted by atomic mass is 35.5. The Morgan fingerprint density at radius 3 is 2.83 bits per heavy atom. The van der Waals surface area contributed by atoms with Crippen LogP contribution in [0.1, 0.15) is 24.3 Å². The van der Waals surface area contributed by atoms with Crippen molar-refractivity contribution < 1.29 is 13.9 Å². The van der Waals surface area contributed by atoms with Crippen LogP contribution in [0.25, 0.3) is 6.08 Å². The van der Waals surface area contributed by atoms with E-state index in [2.05, 4.69) is 4.99 Å². The number of rotatable bonds is 4. The van der Waals surface area contributed by atoms with E-state index in [1.54, 1.807) is 42.0 Å². The second-order valence-corrected chi connectivity index (χ2v) is 7.91. The summed E-state index contributed by atoms with van der Waals surface area (Å²) in [5, 5.41) is 0.573. The van der Waals surface area contributed by atoms with Crippen LogP contribution in [0.4, 0.5) is 0 Å². The lowest BCUT2D eigenvalue weighted by Crippen LogP contribution is -2.40. The van der Waals surface area contributed by atoms with Gasteiger partial charge in [-0.1, -0.05) is 41.1 Å². The fourth-order valence-electron chi connectivity index (χ4n) is 3.38. The molecule has 3 aromatic rings. The van der Waals surface area contributed by atoms with Crippen molar-refractivity contribution in [3.8, 4) is 0 Å². The van der Waals surface area contributed by atoms with Crippen LogP contribution in [0.15, 0.2) is 68.1 Å². The molecule has 1 unspecified atom stereocenters. The summed E-state index contributed by atoms with van der Waals surface area (Å²) in [5.74, 6) is 0.0606. The summed E-state index contributed by atoms with van der Waals surface area (Å²) in [7, 11) is 1.32. The van der Waals surface area contributed by atoms with Crippen LogP contribution in [0, 0.1) is 0 Å². The molecule has 2 aromatic heterocycles. The lowest BCUT2D eigenvalue weighted by molar-refractivity contribution is -0.136. The minimum Gasteiger partial charge on any atom is -0.466 e. The number of aromatic nitrogens is 1. The summed E-state index contributed by atoms with van der Waals surface area (Å²) < 4.78 is 12.3. The highest BCUT2D eigenvalue weighted by molar-refractivity contribution is 7.07. The molecule has 29 heavy (non-hydrogen) atoms. The van der Waals surface area contributed by atoms with Gasteiger partial charge in [0, 0.05) is 11.1 Å². The molecule has 0 saturated heterocycles. The van der Waals surface area contributed by atoms with E-state index in [1.807, 2.05) is 18.2 Å². The Kier molecular flexibility index (Phi) is 5.25. The summed E-state index contributed by atoms with van der Waals surface area (Å²) in [6, 6.07) is 10.3. The van der Waals surface area contributed by atoms with Gasteiger partial charge < -0.3 is 9.15 Å². The van der Waals surface area contributed by atoms with E-state index in [-0.39, 0.29) is 5.56 Å². The molecular weight excluding hydrogens is 412 g/mol. The molecule has 0 amide bonds. The van der Waals surface area contributed by atoms with Crippen LogP contribution in [-0.2, 0) is 16.0 Å². The fraction of sp³-hybridized carbons (Fsp3) is 0.190. The third-order valence-corrected chi connectivity index (χ3v) is 6.08. The maximum absolute atomic E-state index is 13.2. The standard InChI is InChI=1S/C21H17ClN2O4S/c1-12-18(20(26)27-2)16(10-13-6-3-4-8-15(13)22)24-19(25)17(29-21(24)23-12)11-14-7-5-9-28-14/h3-9,11,16H,10H2,1-2H3/b17-11-. The van der Waals surface area contributed by atoms with E-state index in [4.69, 9.17) is 20.8 Å². The molecule has 3 heterocycles. The minimum atomic E-state index is -0.572. The Hall–Kier alpha value is -2.90. The molecule has 0 aliphatic carbocycles. The first-order chi connectivity index (χ1) is 14.0. The molecule has 0 fully saturated rings. The first-order valence-electron chi connectivity index (χ1n) is 8.87. The maximum Gasteiger partial charge on any atom is 0.337 e. The van der Waals surface area contributed by atoms with Crippen molar-refractivity contribution in [2.45, 2.75) is 19.4 Å². The van der Waals surface area contributed by atoms with Gasteiger partial charge in [-0.25, -0.2) is 9.79 Å². The topological polar surface area (TPSA) is 73.8 Å². The quantitative estimate of drug-likeness (QED) is 0.599. The zero-order valence-corrected chi connectivity index (χ0v) is 17.3. The number of carbonyl (C=O) groups excluding carboxylic acids is 1. The van der Waals surface area contributed by atoms with Crippen LogP contribution in [0.3, 0.4) is 0 Å². The molecular formula is C21H17ClN2O4S. The average Bonchev–Trinajstić information content (AvgIpc) is 3.31. The van der Waals surface area contributed by atoms with Crippen molar-refractivity contribution in [3.63, 3.8) is 0 Å². The number of benzene rings is 1. The fourth-order valence-corrected chi connectivity index (χ4v) is 4.64. The van der Waals surface area contributed by atoms with E-state index in [1.165, 1.54) is 18.4 Å².